The fraction of sp³-hybridized carbons (Fsp3) is 0.750. The van der Waals surface area contributed by atoms with Crippen molar-refractivity contribution in [2.24, 2.45) is 22.7 Å². The van der Waals surface area contributed by atoms with E-state index in [-0.39, 0.29) is 23.9 Å². The van der Waals surface area contributed by atoms with Gasteiger partial charge in [0.25, 0.3) is 0 Å². The van der Waals surface area contributed by atoms with Crippen LogP contribution in [0.5, 0.6) is 0 Å². The Morgan fingerprint density at radius 2 is 1.93 bits per heavy atom. The lowest BCUT2D eigenvalue weighted by atomic mass is 9.44. The normalized spacial score (nSPS) is 53.4. The molecule has 8 atom stereocenters. The molecule has 0 radical (unpaired) electrons. The Morgan fingerprint density at radius 3 is 2.60 bits per heavy atom. The van der Waals surface area contributed by atoms with Gasteiger partial charge in [0.05, 0.1) is 12.2 Å². The van der Waals surface area contributed by atoms with Crippen molar-refractivity contribution >= 4 is 11.6 Å². The lowest BCUT2D eigenvalue weighted by Gasteiger charge is -2.62. The summed E-state index contributed by atoms with van der Waals surface area (Å²) in [7, 11) is 0. The summed E-state index contributed by atoms with van der Waals surface area (Å²) in [6.45, 7) is 8.89. The number of aliphatic hydroxyl groups is 1. The Hall–Kier alpha value is -1.37. The van der Waals surface area contributed by atoms with Gasteiger partial charge in [-0.3, -0.25) is 9.59 Å². The van der Waals surface area contributed by atoms with Crippen molar-refractivity contribution in [2.75, 3.05) is 0 Å². The molecule has 2 unspecified atom stereocenters. The van der Waals surface area contributed by atoms with Gasteiger partial charge in [-0.1, -0.05) is 18.6 Å². The molecule has 0 amide bonds. The van der Waals surface area contributed by atoms with Crippen LogP contribution in [0.3, 0.4) is 0 Å². The number of alkyl halides is 1. The molecule has 0 spiro atoms. The Bertz CT molecular complexity index is 907. The third-order valence-electron chi connectivity index (χ3n) is 9.16. The van der Waals surface area contributed by atoms with Crippen LogP contribution in [0.1, 0.15) is 60.3 Å². The van der Waals surface area contributed by atoms with Crippen molar-refractivity contribution in [1.82, 2.24) is 0 Å². The predicted molar refractivity (Wildman–Crippen MR) is 107 cm³/mol. The van der Waals surface area contributed by atoms with Gasteiger partial charge >= 0.3 is 0 Å². The van der Waals surface area contributed by atoms with E-state index in [0.717, 1.165) is 5.57 Å². The summed E-state index contributed by atoms with van der Waals surface area (Å²) < 4.78 is 29.6. The van der Waals surface area contributed by atoms with Crippen LogP contribution in [0.4, 0.5) is 4.39 Å². The SMILES string of the molecule is CC(=O)[C@@]12OC(C)(C)OC1C[C@H]1[C@@H]3CCC4=CC(=O)C=C[C@]4(C)C3(F)[C@@H](O)C[C@@]12C. The van der Waals surface area contributed by atoms with Crippen molar-refractivity contribution in [3.63, 3.8) is 0 Å². The molecule has 1 N–H and O–H groups in total. The highest BCUT2D eigenvalue weighted by Gasteiger charge is 2.79. The van der Waals surface area contributed by atoms with Crippen molar-refractivity contribution < 1.29 is 28.6 Å². The molecular formula is C24H31FO5. The first-order chi connectivity index (χ1) is 13.8. The monoisotopic (exact) mass is 418 g/mol. The highest BCUT2D eigenvalue weighted by atomic mass is 19.1. The van der Waals surface area contributed by atoms with Gasteiger partial charge in [-0.05, 0) is 71.4 Å². The van der Waals surface area contributed by atoms with E-state index in [9.17, 15) is 14.7 Å². The number of carbonyl (C=O) groups is 2. The van der Waals surface area contributed by atoms with Crippen molar-refractivity contribution in [3.05, 3.63) is 23.8 Å². The highest BCUT2D eigenvalue weighted by molar-refractivity contribution is 6.01. The second-order valence-electron chi connectivity index (χ2n) is 10.9. The number of halogens is 1. The molecule has 4 aliphatic carbocycles. The smallest absolute Gasteiger partial charge is 0.178 e. The molecule has 0 aromatic rings. The zero-order valence-corrected chi connectivity index (χ0v) is 18.3. The number of ketones is 2. The summed E-state index contributed by atoms with van der Waals surface area (Å²) in [6.07, 6.45) is 4.64. The van der Waals surface area contributed by atoms with Crippen LogP contribution in [-0.2, 0) is 19.1 Å². The van der Waals surface area contributed by atoms with Crippen molar-refractivity contribution in [1.29, 1.82) is 0 Å². The maximum Gasteiger partial charge on any atom is 0.178 e. The number of aliphatic hydroxyl groups excluding tert-OH is 1. The van der Waals surface area contributed by atoms with Gasteiger partial charge in [-0.2, -0.15) is 0 Å². The molecule has 30 heavy (non-hydrogen) atoms. The maximum absolute atomic E-state index is 17.1. The van der Waals surface area contributed by atoms with Crippen molar-refractivity contribution in [3.8, 4) is 0 Å². The summed E-state index contributed by atoms with van der Waals surface area (Å²) in [5.41, 5.74) is -4.11. The summed E-state index contributed by atoms with van der Waals surface area (Å²) in [5.74, 6) is -1.77. The van der Waals surface area contributed by atoms with E-state index in [0.29, 0.717) is 19.3 Å². The van der Waals surface area contributed by atoms with E-state index < -0.39 is 46.0 Å². The van der Waals surface area contributed by atoms with Gasteiger partial charge in [0, 0.05) is 16.7 Å². The molecule has 5 nitrogen and oxygen atoms in total. The van der Waals surface area contributed by atoms with Gasteiger partial charge in [0.1, 0.15) is 0 Å². The minimum absolute atomic E-state index is 0.116. The highest BCUT2D eigenvalue weighted by Crippen LogP contribution is 2.72. The second-order valence-corrected chi connectivity index (χ2v) is 10.9. The fourth-order valence-corrected chi connectivity index (χ4v) is 7.95. The molecule has 4 fully saturated rings. The minimum Gasteiger partial charge on any atom is -0.390 e. The Labute approximate surface area is 176 Å². The van der Waals surface area contributed by atoms with Gasteiger partial charge < -0.3 is 14.6 Å². The molecule has 0 bridgehead atoms. The lowest BCUT2D eigenvalue weighted by Crippen LogP contribution is -2.69. The molecule has 164 valence electrons. The molecule has 0 aromatic carbocycles. The van der Waals surface area contributed by atoms with E-state index >= 15 is 4.39 Å². The average Bonchev–Trinajstić information content (AvgIpc) is 3.04. The lowest BCUT2D eigenvalue weighted by molar-refractivity contribution is -0.245. The van der Waals surface area contributed by atoms with Crippen LogP contribution in [0.15, 0.2) is 23.8 Å². The predicted octanol–water partition coefficient (Wildman–Crippen LogP) is 3.45. The molecule has 5 rings (SSSR count). The van der Waals surface area contributed by atoms with Gasteiger partial charge in [-0.25, -0.2) is 4.39 Å². The molecule has 1 heterocycles. The number of hydrogen-bond donors (Lipinski definition) is 1. The maximum atomic E-state index is 17.1. The number of fused-ring (bicyclic) bond motifs is 7. The van der Waals surface area contributed by atoms with Crippen LogP contribution in [0, 0.1) is 22.7 Å². The number of allylic oxidation sites excluding steroid dienone is 4. The van der Waals surface area contributed by atoms with Crippen LogP contribution in [-0.4, -0.2) is 45.9 Å². The van der Waals surface area contributed by atoms with Crippen LogP contribution in [0.2, 0.25) is 0 Å². The van der Waals surface area contributed by atoms with Gasteiger partial charge in [0.2, 0.25) is 0 Å². The number of hydrogen-bond acceptors (Lipinski definition) is 5. The van der Waals surface area contributed by atoms with E-state index in [1.54, 1.807) is 26.8 Å². The van der Waals surface area contributed by atoms with Crippen LogP contribution in [0.25, 0.3) is 0 Å². The first-order valence-corrected chi connectivity index (χ1v) is 11.0. The number of carbonyl (C=O) groups excluding carboxylic acids is 2. The van der Waals surface area contributed by atoms with E-state index in [1.807, 2.05) is 6.92 Å². The number of rotatable bonds is 1. The molecule has 0 aromatic heterocycles. The summed E-state index contributed by atoms with van der Waals surface area (Å²) in [6, 6.07) is 0. The zero-order chi connectivity index (χ0) is 21.9. The Morgan fingerprint density at radius 1 is 1.23 bits per heavy atom. The molecule has 1 saturated heterocycles. The summed E-state index contributed by atoms with van der Waals surface area (Å²) in [4.78, 5) is 25.0. The van der Waals surface area contributed by atoms with Crippen LogP contribution >= 0.6 is 0 Å². The van der Waals surface area contributed by atoms with E-state index in [4.69, 9.17) is 9.47 Å². The van der Waals surface area contributed by atoms with Crippen LogP contribution < -0.4 is 0 Å². The van der Waals surface area contributed by atoms with E-state index in [2.05, 4.69) is 0 Å². The quantitative estimate of drug-likeness (QED) is 0.706. The molecule has 3 saturated carbocycles. The Balaban J connectivity index is 1.64. The second kappa shape index (κ2) is 5.70. The van der Waals surface area contributed by atoms with E-state index in [1.165, 1.54) is 19.1 Å². The third-order valence-corrected chi connectivity index (χ3v) is 9.16. The zero-order valence-electron chi connectivity index (χ0n) is 18.3. The number of ether oxygens (including phenoxy) is 2. The first kappa shape index (κ1) is 20.5. The average molecular weight is 419 g/mol. The standard InChI is InChI=1S/C24H31FO5/c1-13(26)24-19(29-20(2,3)30-24)11-17-16-7-6-14-10-15(27)8-9-21(14,4)23(16,25)18(28)12-22(17,24)5/h8-10,16-19,28H,6-7,11-12H2,1-5H3/t16-,17-,18-,19?,21-,22-,23?,24+/m0/s1. The third kappa shape index (κ3) is 2.08. The largest absolute Gasteiger partial charge is 0.390 e. The summed E-state index contributed by atoms with van der Waals surface area (Å²) >= 11 is 0. The van der Waals surface area contributed by atoms with Gasteiger partial charge in [0.15, 0.2) is 28.6 Å². The first-order valence-electron chi connectivity index (χ1n) is 11.0. The molecule has 6 heteroatoms. The molecule has 5 aliphatic rings. The van der Waals surface area contributed by atoms with Crippen molar-refractivity contribution in [2.45, 2.75) is 89.6 Å². The number of Topliss-reactive ketones (excluding diaryl/α,β-unsaturated/α-hetero) is 1. The minimum atomic E-state index is -1.91. The summed E-state index contributed by atoms with van der Waals surface area (Å²) in [5, 5.41) is 11.4. The fourth-order valence-electron chi connectivity index (χ4n) is 7.95. The topological polar surface area (TPSA) is 72.8 Å². The van der Waals surface area contributed by atoms with Gasteiger partial charge in [-0.15, -0.1) is 0 Å². The Kier molecular flexibility index (Phi) is 3.90. The molecule has 1 aliphatic heterocycles. The molecular weight excluding hydrogens is 387 g/mol.